The van der Waals surface area contributed by atoms with Crippen molar-refractivity contribution in [3.8, 4) is 22.8 Å². The van der Waals surface area contributed by atoms with Crippen molar-refractivity contribution >= 4 is 16.9 Å². The number of methoxy groups -OCH3 is 1. The Bertz CT molecular complexity index is 1240. The highest BCUT2D eigenvalue weighted by Crippen LogP contribution is 2.36. The number of amides is 1. The normalized spacial score (nSPS) is 10.7. The maximum absolute atomic E-state index is 13.3. The molecular weight excluding hydrogens is 402 g/mol. The third kappa shape index (κ3) is 4.67. The number of hydrogen-bond donors (Lipinski definition) is 1. The van der Waals surface area contributed by atoms with Crippen molar-refractivity contribution in [1.29, 1.82) is 0 Å². The first kappa shape index (κ1) is 21.2. The number of nitrogens with one attached hydrogen (secondary N) is 1. The molecule has 0 aliphatic rings. The van der Waals surface area contributed by atoms with Gasteiger partial charge >= 0.3 is 0 Å². The number of rotatable bonds is 8. The quantitative estimate of drug-likeness (QED) is 0.351. The van der Waals surface area contributed by atoms with Crippen molar-refractivity contribution in [2.24, 2.45) is 0 Å². The topological polar surface area (TPSA) is 60.7 Å². The standard InChI is InChI=1S/C27H25NO4/c1-18(2)17-31-22-13-14-24-23(15-22)25(27(29)28-16-19-7-5-4-6-8-19)26(32-24)20-9-11-21(30-3)12-10-20/h4-15H,1,16-17H2,2-3H3,(H,28,29). The summed E-state index contributed by atoms with van der Waals surface area (Å²) in [6.45, 7) is 6.60. The molecule has 0 unspecified atom stereocenters. The van der Waals surface area contributed by atoms with E-state index in [9.17, 15) is 4.79 Å². The first-order valence-electron chi connectivity index (χ1n) is 10.4. The van der Waals surface area contributed by atoms with Crippen LogP contribution in [-0.2, 0) is 6.54 Å². The molecule has 0 radical (unpaired) electrons. The van der Waals surface area contributed by atoms with Gasteiger partial charge in [-0.1, -0.05) is 36.9 Å². The molecule has 0 atom stereocenters. The number of ether oxygens (including phenoxy) is 2. The lowest BCUT2D eigenvalue weighted by Crippen LogP contribution is -2.23. The van der Waals surface area contributed by atoms with Crippen LogP contribution in [0.4, 0.5) is 0 Å². The Morgan fingerprint density at radius 2 is 1.72 bits per heavy atom. The van der Waals surface area contributed by atoms with Crippen LogP contribution in [0.15, 0.2) is 89.4 Å². The molecule has 0 saturated carbocycles. The summed E-state index contributed by atoms with van der Waals surface area (Å²) in [7, 11) is 1.62. The third-order valence-corrected chi connectivity index (χ3v) is 5.02. The monoisotopic (exact) mass is 427 g/mol. The zero-order valence-corrected chi connectivity index (χ0v) is 18.2. The second-order valence-corrected chi connectivity index (χ2v) is 7.61. The summed E-state index contributed by atoms with van der Waals surface area (Å²) in [6.07, 6.45) is 0. The molecule has 0 saturated heterocycles. The zero-order chi connectivity index (χ0) is 22.5. The average molecular weight is 428 g/mol. The minimum Gasteiger partial charge on any atom is -0.497 e. The minimum atomic E-state index is -0.213. The Hall–Kier alpha value is -3.99. The van der Waals surface area contributed by atoms with Crippen LogP contribution in [0.25, 0.3) is 22.3 Å². The van der Waals surface area contributed by atoms with Crippen molar-refractivity contribution < 1.29 is 18.7 Å². The number of carbonyl (C=O) groups is 1. The lowest BCUT2D eigenvalue weighted by molar-refractivity contribution is 0.0952. The molecular formula is C27H25NO4. The molecule has 0 bridgehead atoms. The number of carbonyl (C=O) groups excluding carboxylic acids is 1. The molecule has 4 rings (SSSR count). The average Bonchev–Trinajstić information content (AvgIpc) is 3.21. The summed E-state index contributed by atoms with van der Waals surface area (Å²) in [6, 6.07) is 22.7. The first-order valence-corrected chi connectivity index (χ1v) is 10.4. The van der Waals surface area contributed by atoms with Crippen LogP contribution in [0.2, 0.25) is 0 Å². The van der Waals surface area contributed by atoms with Gasteiger partial charge in [0.05, 0.1) is 12.7 Å². The van der Waals surface area contributed by atoms with E-state index in [2.05, 4.69) is 11.9 Å². The van der Waals surface area contributed by atoms with E-state index in [4.69, 9.17) is 13.9 Å². The maximum Gasteiger partial charge on any atom is 0.256 e. The van der Waals surface area contributed by atoms with Crippen LogP contribution < -0.4 is 14.8 Å². The van der Waals surface area contributed by atoms with Gasteiger partial charge in [-0.25, -0.2) is 0 Å². The molecule has 5 nitrogen and oxygen atoms in total. The van der Waals surface area contributed by atoms with E-state index in [-0.39, 0.29) is 5.91 Å². The van der Waals surface area contributed by atoms with E-state index in [0.29, 0.717) is 41.2 Å². The SMILES string of the molecule is C=C(C)COc1ccc2oc(-c3ccc(OC)cc3)c(C(=O)NCc3ccccc3)c2c1. The number of furan rings is 1. The van der Waals surface area contributed by atoms with Gasteiger partial charge in [0, 0.05) is 17.5 Å². The number of hydrogen-bond acceptors (Lipinski definition) is 4. The molecule has 0 spiro atoms. The van der Waals surface area contributed by atoms with Gasteiger partial charge in [-0.15, -0.1) is 0 Å². The highest BCUT2D eigenvalue weighted by atomic mass is 16.5. The lowest BCUT2D eigenvalue weighted by atomic mass is 10.0. The summed E-state index contributed by atoms with van der Waals surface area (Å²) >= 11 is 0. The zero-order valence-electron chi connectivity index (χ0n) is 18.2. The maximum atomic E-state index is 13.3. The molecule has 0 fully saturated rings. The van der Waals surface area contributed by atoms with E-state index in [1.54, 1.807) is 7.11 Å². The Morgan fingerprint density at radius 1 is 1.00 bits per heavy atom. The molecule has 32 heavy (non-hydrogen) atoms. The number of fused-ring (bicyclic) bond motifs is 1. The highest BCUT2D eigenvalue weighted by Gasteiger charge is 2.23. The fourth-order valence-corrected chi connectivity index (χ4v) is 3.41. The van der Waals surface area contributed by atoms with Gasteiger partial charge in [-0.05, 0) is 60.5 Å². The van der Waals surface area contributed by atoms with Gasteiger partial charge in [0.1, 0.15) is 29.4 Å². The molecule has 162 valence electrons. The van der Waals surface area contributed by atoms with Gasteiger partial charge < -0.3 is 19.2 Å². The van der Waals surface area contributed by atoms with Crippen molar-refractivity contribution in [3.63, 3.8) is 0 Å². The Balaban J connectivity index is 1.74. The van der Waals surface area contributed by atoms with E-state index in [1.807, 2.05) is 79.7 Å². The van der Waals surface area contributed by atoms with E-state index < -0.39 is 0 Å². The Morgan fingerprint density at radius 3 is 2.41 bits per heavy atom. The lowest BCUT2D eigenvalue weighted by Gasteiger charge is -2.08. The summed E-state index contributed by atoms with van der Waals surface area (Å²) in [5.41, 5.74) is 3.81. The minimum absolute atomic E-state index is 0.213. The van der Waals surface area contributed by atoms with Gasteiger partial charge in [-0.2, -0.15) is 0 Å². The van der Waals surface area contributed by atoms with Crippen molar-refractivity contribution in [3.05, 3.63) is 96.1 Å². The fourth-order valence-electron chi connectivity index (χ4n) is 3.41. The molecule has 0 aliphatic carbocycles. The molecule has 1 heterocycles. The molecule has 1 aromatic heterocycles. The molecule has 1 N–H and O–H groups in total. The van der Waals surface area contributed by atoms with Gasteiger partial charge in [0.2, 0.25) is 0 Å². The van der Waals surface area contributed by atoms with Crippen molar-refractivity contribution in [2.75, 3.05) is 13.7 Å². The Kier molecular flexibility index (Phi) is 6.26. The van der Waals surface area contributed by atoms with Crippen LogP contribution in [0, 0.1) is 0 Å². The fraction of sp³-hybridized carbons (Fsp3) is 0.148. The second-order valence-electron chi connectivity index (χ2n) is 7.61. The van der Waals surface area contributed by atoms with Crippen LogP contribution in [0.1, 0.15) is 22.8 Å². The highest BCUT2D eigenvalue weighted by molar-refractivity contribution is 6.11. The summed E-state index contributed by atoms with van der Waals surface area (Å²) in [4.78, 5) is 13.3. The molecule has 0 aliphatic heterocycles. The predicted octanol–water partition coefficient (Wildman–Crippen LogP) is 5.99. The summed E-state index contributed by atoms with van der Waals surface area (Å²) in [5.74, 6) is 1.68. The van der Waals surface area contributed by atoms with Crippen LogP contribution in [0.3, 0.4) is 0 Å². The second kappa shape index (κ2) is 9.43. The smallest absolute Gasteiger partial charge is 0.256 e. The largest absolute Gasteiger partial charge is 0.497 e. The van der Waals surface area contributed by atoms with Crippen molar-refractivity contribution in [1.82, 2.24) is 5.32 Å². The van der Waals surface area contributed by atoms with E-state index >= 15 is 0 Å². The Labute approximate surface area is 187 Å². The van der Waals surface area contributed by atoms with Crippen LogP contribution in [-0.4, -0.2) is 19.6 Å². The number of benzene rings is 3. The predicted molar refractivity (Wildman–Crippen MR) is 126 cm³/mol. The first-order chi connectivity index (χ1) is 15.5. The van der Waals surface area contributed by atoms with Gasteiger partial charge in [0.25, 0.3) is 5.91 Å². The van der Waals surface area contributed by atoms with Crippen LogP contribution in [0.5, 0.6) is 11.5 Å². The van der Waals surface area contributed by atoms with E-state index in [0.717, 1.165) is 22.4 Å². The van der Waals surface area contributed by atoms with Crippen LogP contribution >= 0.6 is 0 Å². The molecule has 1 amide bonds. The van der Waals surface area contributed by atoms with E-state index in [1.165, 1.54) is 0 Å². The van der Waals surface area contributed by atoms with Gasteiger partial charge in [0.15, 0.2) is 0 Å². The van der Waals surface area contributed by atoms with Gasteiger partial charge in [-0.3, -0.25) is 4.79 Å². The third-order valence-electron chi connectivity index (χ3n) is 5.02. The molecule has 4 aromatic rings. The summed E-state index contributed by atoms with van der Waals surface area (Å²) < 4.78 is 17.2. The summed E-state index contributed by atoms with van der Waals surface area (Å²) in [5, 5.41) is 3.71. The van der Waals surface area contributed by atoms with Crippen molar-refractivity contribution in [2.45, 2.75) is 13.5 Å². The molecule has 5 heteroatoms. The molecule has 3 aromatic carbocycles.